The molecule has 1 aliphatic carbocycles. The summed E-state index contributed by atoms with van der Waals surface area (Å²) >= 11 is 0. The van der Waals surface area contributed by atoms with Gasteiger partial charge in [0, 0.05) is 29.2 Å². The van der Waals surface area contributed by atoms with E-state index < -0.39 is 0 Å². The first-order valence-electron chi connectivity index (χ1n) is 8.43. The lowest BCUT2D eigenvalue weighted by molar-refractivity contribution is -0.946. The summed E-state index contributed by atoms with van der Waals surface area (Å²) in [6.45, 7) is 3.83. The fourth-order valence-electron chi connectivity index (χ4n) is 5.29. The second-order valence-corrected chi connectivity index (χ2v) is 7.29. The molecule has 0 radical (unpaired) electrons. The van der Waals surface area contributed by atoms with E-state index in [0.29, 0.717) is 6.04 Å². The number of quaternary nitrogens is 1. The summed E-state index contributed by atoms with van der Waals surface area (Å²) in [6, 6.07) is 10.3. The highest BCUT2D eigenvalue weighted by molar-refractivity contribution is 5.85. The molecule has 3 heterocycles. The van der Waals surface area contributed by atoms with Crippen LogP contribution in [0, 0.1) is 11.8 Å². The fraction of sp³-hybridized carbons (Fsp3) is 0.474. The van der Waals surface area contributed by atoms with Crippen molar-refractivity contribution >= 4 is 10.9 Å². The number of aromatic amines is 1. The van der Waals surface area contributed by atoms with Crippen molar-refractivity contribution in [2.45, 2.75) is 38.3 Å². The van der Waals surface area contributed by atoms with Crippen molar-refractivity contribution < 1.29 is 4.90 Å². The average molecular weight is 279 g/mol. The average Bonchev–Trinajstić information content (AvgIpc) is 3.06. The third-order valence-corrected chi connectivity index (χ3v) is 6.25. The normalized spacial score (nSPS) is 37.3. The van der Waals surface area contributed by atoms with Crippen molar-refractivity contribution in [3.05, 3.63) is 47.7 Å². The zero-order valence-corrected chi connectivity index (χ0v) is 12.6. The van der Waals surface area contributed by atoms with Crippen LogP contribution in [0.25, 0.3) is 10.9 Å². The third kappa shape index (κ3) is 1.57. The molecule has 2 nitrogen and oxygen atoms in total. The van der Waals surface area contributed by atoms with Gasteiger partial charge >= 0.3 is 0 Å². The molecule has 5 atom stereocenters. The Morgan fingerprint density at radius 2 is 2.00 bits per heavy atom. The van der Waals surface area contributed by atoms with Gasteiger partial charge in [0.05, 0.1) is 18.3 Å². The summed E-state index contributed by atoms with van der Waals surface area (Å²) in [4.78, 5) is 5.64. The lowest BCUT2D eigenvalue weighted by Crippen LogP contribution is -3.15. The van der Waals surface area contributed by atoms with E-state index in [2.05, 4.69) is 48.3 Å². The highest BCUT2D eigenvalue weighted by Gasteiger charge is 2.51. The van der Waals surface area contributed by atoms with Crippen molar-refractivity contribution in [2.24, 2.45) is 11.8 Å². The summed E-state index contributed by atoms with van der Waals surface area (Å²) in [5, 5.41) is 1.47. The van der Waals surface area contributed by atoms with Gasteiger partial charge in [0.15, 0.2) is 0 Å². The summed E-state index contributed by atoms with van der Waals surface area (Å²) in [5.74, 6) is 1.74. The van der Waals surface area contributed by atoms with Crippen molar-refractivity contribution in [1.29, 1.82) is 0 Å². The van der Waals surface area contributed by atoms with E-state index in [1.54, 1.807) is 11.3 Å². The summed E-state index contributed by atoms with van der Waals surface area (Å²) < 4.78 is 0. The zero-order valence-electron chi connectivity index (χ0n) is 12.6. The Morgan fingerprint density at radius 3 is 2.95 bits per heavy atom. The molecule has 3 aliphatic rings. The minimum Gasteiger partial charge on any atom is -0.353 e. The number of aromatic nitrogens is 1. The Kier molecular flexibility index (Phi) is 2.43. The molecule has 1 unspecified atom stereocenters. The van der Waals surface area contributed by atoms with Gasteiger partial charge in [-0.1, -0.05) is 30.4 Å². The van der Waals surface area contributed by atoms with E-state index in [9.17, 15) is 0 Å². The van der Waals surface area contributed by atoms with Crippen molar-refractivity contribution in [2.75, 3.05) is 6.54 Å². The topological polar surface area (TPSA) is 20.2 Å². The number of hydrogen-bond donors (Lipinski definition) is 2. The largest absolute Gasteiger partial charge is 0.353 e. The Balaban J connectivity index is 1.70. The maximum atomic E-state index is 3.80. The standard InChI is InChI=1S/C19H22N2/c1-12-10-16-15-8-4-5-9-17(15)20-18(16)19-14-7-3-2-6-13(14)11-21(12)19/h2-5,8-9,12-14,19-20H,6-7,10-11H2,1H3/p+1/t12-,13-,14-,19-/m1/s1. The Labute approximate surface area is 125 Å². The van der Waals surface area contributed by atoms with Crippen LogP contribution >= 0.6 is 0 Å². The second kappa shape index (κ2) is 4.23. The number of rotatable bonds is 0. The molecule has 1 saturated heterocycles. The summed E-state index contributed by atoms with van der Waals surface area (Å²) in [5.41, 5.74) is 4.51. The summed E-state index contributed by atoms with van der Waals surface area (Å²) in [7, 11) is 0. The molecule has 1 aromatic heterocycles. The van der Waals surface area contributed by atoms with E-state index >= 15 is 0 Å². The molecule has 1 fully saturated rings. The van der Waals surface area contributed by atoms with Crippen molar-refractivity contribution in [3.63, 3.8) is 0 Å². The van der Waals surface area contributed by atoms with Crippen LogP contribution in [0.5, 0.6) is 0 Å². The van der Waals surface area contributed by atoms with E-state index in [4.69, 9.17) is 0 Å². The molecule has 2 heteroatoms. The number of benzene rings is 1. The molecule has 0 saturated carbocycles. The first-order valence-corrected chi connectivity index (χ1v) is 8.43. The van der Waals surface area contributed by atoms with E-state index in [1.165, 1.54) is 36.7 Å². The molecular weight excluding hydrogens is 256 g/mol. The van der Waals surface area contributed by atoms with Gasteiger partial charge in [-0.3, -0.25) is 0 Å². The molecule has 108 valence electrons. The van der Waals surface area contributed by atoms with Gasteiger partial charge in [-0.15, -0.1) is 0 Å². The predicted octanol–water partition coefficient (Wildman–Crippen LogP) is 2.63. The molecule has 1 aromatic carbocycles. The highest BCUT2D eigenvalue weighted by Crippen LogP contribution is 2.42. The molecule has 2 aromatic rings. The molecule has 0 amide bonds. The number of allylic oxidation sites excluding steroid dienone is 2. The maximum Gasteiger partial charge on any atom is 0.132 e. The van der Waals surface area contributed by atoms with Gasteiger partial charge in [0.25, 0.3) is 0 Å². The SMILES string of the molecule is C[C@@H]1Cc2c([nH]c3ccccc23)[C@H]2[C@@H]3CC=CC[C@@H]3C[NH+]12. The lowest BCUT2D eigenvalue weighted by Gasteiger charge is -2.34. The van der Waals surface area contributed by atoms with Crippen LogP contribution in [0.4, 0.5) is 0 Å². The maximum absolute atomic E-state index is 3.80. The van der Waals surface area contributed by atoms with E-state index in [1.807, 2.05) is 4.90 Å². The minimum atomic E-state index is 0.700. The van der Waals surface area contributed by atoms with Crippen molar-refractivity contribution in [3.8, 4) is 0 Å². The number of H-pyrrole nitrogens is 1. The third-order valence-electron chi connectivity index (χ3n) is 6.25. The van der Waals surface area contributed by atoms with Crippen molar-refractivity contribution in [1.82, 2.24) is 4.98 Å². The first-order chi connectivity index (χ1) is 10.3. The molecule has 0 spiro atoms. The predicted molar refractivity (Wildman–Crippen MR) is 85.4 cm³/mol. The van der Waals surface area contributed by atoms with E-state index in [-0.39, 0.29) is 0 Å². The van der Waals surface area contributed by atoms with Gasteiger partial charge in [-0.05, 0) is 31.4 Å². The number of para-hydroxylation sites is 1. The Bertz CT molecular complexity index is 726. The fourth-order valence-corrected chi connectivity index (χ4v) is 5.29. The highest BCUT2D eigenvalue weighted by atomic mass is 15.2. The van der Waals surface area contributed by atoms with E-state index in [0.717, 1.165) is 17.9 Å². The Morgan fingerprint density at radius 1 is 1.14 bits per heavy atom. The van der Waals surface area contributed by atoms with Crippen LogP contribution < -0.4 is 4.90 Å². The molecule has 0 bridgehead atoms. The van der Waals surface area contributed by atoms with Crippen LogP contribution in [0.3, 0.4) is 0 Å². The monoisotopic (exact) mass is 279 g/mol. The summed E-state index contributed by atoms with van der Waals surface area (Å²) in [6.07, 6.45) is 8.65. The van der Waals surface area contributed by atoms with Crippen LogP contribution in [0.1, 0.15) is 37.1 Å². The van der Waals surface area contributed by atoms with Gasteiger partial charge in [0.1, 0.15) is 6.04 Å². The van der Waals surface area contributed by atoms with Gasteiger partial charge in [0.2, 0.25) is 0 Å². The molecule has 2 N–H and O–H groups in total. The second-order valence-electron chi connectivity index (χ2n) is 7.29. The smallest absolute Gasteiger partial charge is 0.132 e. The minimum absolute atomic E-state index is 0.700. The van der Waals surface area contributed by atoms with Gasteiger partial charge < -0.3 is 9.88 Å². The molecule has 21 heavy (non-hydrogen) atoms. The van der Waals surface area contributed by atoms with Crippen LogP contribution in [-0.2, 0) is 6.42 Å². The lowest BCUT2D eigenvalue weighted by atomic mass is 9.79. The van der Waals surface area contributed by atoms with Crippen LogP contribution in [0.15, 0.2) is 36.4 Å². The first kappa shape index (κ1) is 12.0. The van der Waals surface area contributed by atoms with Gasteiger partial charge in [-0.2, -0.15) is 0 Å². The number of nitrogens with one attached hydrogen (secondary N) is 2. The van der Waals surface area contributed by atoms with Crippen LogP contribution in [0.2, 0.25) is 0 Å². The molecule has 2 aliphatic heterocycles. The number of hydrogen-bond acceptors (Lipinski definition) is 0. The van der Waals surface area contributed by atoms with Crippen LogP contribution in [-0.4, -0.2) is 17.6 Å². The zero-order chi connectivity index (χ0) is 14.0. The Hall–Kier alpha value is -1.54. The molecule has 5 rings (SSSR count). The van der Waals surface area contributed by atoms with Gasteiger partial charge in [-0.25, -0.2) is 0 Å². The number of fused-ring (bicyclic) bond motifs is 7. The quantitative estimate of drug-likeness (QED) is 0.692. The molecular formula is C19H23N2+.